The Hall–Kier alpha value is -0.930. The van der Waals surface area contributed by atoms with E-state index in [1.54, 1.807) is 7.11 Å². The molecule has 4 heteroatoms. The van der Waals surface area contributed by atoms with Crippen LogP contribution in [0.3, 0.4) is 0 Å². The molecular formula is C11H25N3O. The zero-order valence-corrected chi connectivity index (χ0v) is 10.9. The van der Waals surface area contributed by atoms with Crippen LogP contribution >= 0.6 is 0 Å². The molecule has 90 valence electrons. The van der Waals surface area contributed by atoms with Crippen molar-refractivity contribution in [1.82, 2.24) is 10.2 Å². The van der Waals surface area contributed by atoms with Crippen molar-refractivity contribution < 1.29 is 4.84 Å². The number of nitrogens with zero attached hydrogens (tertiary/aromatic N) is 2. The highest BCUT2D eigenvalue weighted by atomic mass is 16.6. The van der Waals surface area contributed by atoms with Gasteiger partial charge in [0.2, 0.25) is 5.96 Å². The minimum absolute atomic E-state index is 0.401. The van der Waals surface area contributed by atoms with E-state index in [4.69, 9.17) is 4.84 Å². The van der Waals surface area contributed by atoms with E-state index >= 15 is 0 Å². The smallest absolute Gasteiger partial charge is 0.235 e. The van der Waals surface area contributed by atoms with E-state index in [0.717, 1.165) is 18.9 Å². The van der Waals surface area contributed by atoms with Gasteiger partial charge in [-0.1, -0.05) is 20.8 Å². The Morgan fingerprint density at radius 1 is 1.33 bits per heavy atom. The maximum absolute atomic E-state index is 4.75. The summed E-state index contributed by atoms with van der Waals surface area (Å²) >= 11 is 0. The molecular weight excluding hydrogens is 190 g/mol. The molecule has 1 N–H and O–H groups in total. The Labute approximate surface area is 93.7 Å². The minimum atomic E-state index is 0.401. The van der Waals surface area contributed by atoms with E-state index in [9.17, 15) is 0 Å². The van der Waals surface area contributed by atoms with Crippen molar-refractivity contribution in [3.8, 4) is 0 Å². The predicted molar refractivity (Wildman–Crippen MR) is 64.8 cm³/mol. The van der Waals surface area contributed by atoms with E-state index in [1.165, 1.54) is 6.42 Å². The van der Waals surface area contributed by atoms with Crippen molar-refractivity contribution in [2.24, 2.45) is 10.6 Å². The summed E-state index contributed by atoms with van der Waals surface area (Å²) < 4.78 is 0. The van der Waals surface area contributed by atoms with Crippen LogP contribution < -0.4 is 5.32 Å². The van der Waals surface area contributed by atoms with Gasteiger partial charge in [-0.25, -0.2) is 0 Å². The summed E-state index contributed by atoms with van der Waals surface area (Å²) in [4.78, 5) is 6.65. The molecule has 0 aromatic heterocycles. The summed E-state index contributed by atoms with van der Waals surface area (Å²) in [6, 6.07) is 0. The fraction of sp³-hybridized carbons (Fsp3) is 0.909. The molecule has 0 saturated carbocycles. The molecule has 0 aliphatic heterocycles. The Morgan fingerprint density at radius 3 is 2.33 bits per heavy atom. The molecule has 0 bridgehead atoms. The lowest BCUT2D eigenvalue weighted by atomic mass is 9.91. The lowest BCUT2D eigenvalue weighted by Crippen LogP contribution is -2.37. The molecule has 0 atom stereocenters. The summed E-state index contributed by atoms with van der Waals surface area (Å²) in [6.45, 7) is 7.69. The van der Waals surface area contributed by atoms with Crippen LogP contribution in [0.5, 0.6) is 0 Å². The van der Waals surface area contributed by atoms with Gasteiger partial charge < -0.3 is 15.1 Å². The Kier molecular flexibility index (Phi) is 6.13. The lowest BCUT2D eigenvalue weighted by Gasteiger charge is -2.20. The van der Waals surface area contributed by atoms with Gasteiger partial charge in [0.1, 0.15) is 7.11 Å². The first-order valence-electron chi connectivity index (χ1n) is 5.39. The first-order valence-corrected chi connectivity index (χ1v) is 5.39. The van der Waals surface area contributed by atoms with Crippen molar-refractivity contribution >= 4 is 5.96 Å². The first kappa shape index (κ1) is 14.1. The maximum Gasteiger partial charge on any atom is 0.235 e. The first-order chi connectivity index (χ1) is 6.87. The number of oxime groups is 1. The summed E-state index contributed by atoms with van der Waals surface area (Å²) in [6.07, 6.45) is 2.34. The van der Waals surface area contributed by atoms with E-state index < -0.39 is 0 Å². The molecule has 0 aromatic rings. The molecule has 0 amide bonds. The van der Waals surface area contributed by atoms with Crippen LogP contribution in [0.25, 0.3) is 0 Å². The third kappa shape index (κ3) is 8.09. The molecule has 0 saturated heterocycles. The maximum atomic E-state index is 4.75. The van der Waals surface area contributed by atoms with Crippen LogP contribution in [-0.4, -0.2) is 38.6 Å². The van der Waals surface area contributed by atoms with Gasteiger partial charge >= 0.3 is 0 Å². The molecule has 0 fully saturated rings. The summed E-state index contributed by atoms with van der Waals surface area (Å²) in [5.74, 6) is 0.770. The van der Waals surface area contributed by atoms with Crippen LogP contribution in [0.2, 0.25) is 0 Å². The van der Waals surface area contributed by atoms with Gasteiger partial charge in [-0.3, -0.25) is 0 Å². The van der Waals surface area contributed by atoms with Gasteiger partial charge in [0.25, 0.3) is 0 Å². The van der Waals surface area contributed by atoms with Crippen LogP contribution in [0.4, 0.5) is 0 Å². The van der Waals surface area contributed by atoms with Gasteiger partial charge in [-0.2, -0.15) is 0 Å². The van der Waals surface area contributed by atoms with Crippen LogP contribution in [0.15, 0.2) is 5.16 Å². The van der Waals surface area contributed by atoms with E-state index in [1.807, 2.05) is 19.0 Å². The van der Waals surface area contributed by atoms with Crippen molar-refractivity contribution in [3.05, 3.63) is 0 Å². The standard InChI is InChI=1S/C11H25N3O/c1-11(2,3)8-7-9-12-10(13-15-6)14(4)5/h7-9H2,1-6H3,(H,12,13). The predicted octanol–water partition coefficient (Wildman–Crippen LogP) is 1.88. The zero-order chi connectivity index (χ0) is 11.9. The molecule has 15 heavy (non-hydrogen) atoms. The third-order valence-corrected chi connectivity index (χ3v) is 1.99. The number of hydrogen-bond donors (Lipinski definition) is 1. The highest BCUT2D eigenvalue weighted by Crippen LogP contribution is 2.19. The van der Waals surface area contributed by atoms with E-state index in [2.05, 4.69) is 31.2 Å². The number of rotatable bonds is 4. The van der Waals surface area contributed by atoms with Crippen molar-refractivity contribution in [1.29, 1.82) is 0 Å². The van der Waals surface area contributed by atoms with Crippen LogP contribution in [-0.2, 0) is 4.84 Å². The van der Waals surface area contributed by atoms with Gasteiger partial charge in [0.15, 0.2) is 0 Å². The van der Waals surface area contributed by atoms with Gasteiger partial charge in [0, 0.05) is 20.6 Å². The van der Waals surface area contributed by atoms with Crippen molar-refractivity contribution in [2.75, 3.05) is 27.7 Å². The van der Waals surface area contributed by atoms with Crippen molar-refractivity contribution in [2.45, 2.75) is 33.6 Å². The molecule has 0 rings (SSSR count). The van der Waals surface area contributed by atoms with Gasteiger partial charge in [-0.15, -0.1) is 0 Å². The SMILES string of the molecule is CO/N=C(/NCCCC(C)(C)C)N(C)C. The highest BCUT2D eigenvalue weighted by molar-refractivity contribution is 5.78. The van der Waals surface area contributed by atoms with Gasteiger partial charge in [-0.05, 0) is 23.4 Å². The Morgan fingerprint density at radius 2 is 1.93 bits per heavy atom. The number of hydrogen-bond acceptors (Lipinski definition) is 2. The second-order valence-corrected chi connectivity index (χ2v) is 5.08. The molecule has 4 nitrogen and oxygen atoms in total. The van der Waals surface area contributed by atoms with E-state index in [0.29, 0.717) is 5.41 Å². The van der Waals surface area contributed by atoms with Crippen molar-refractivity contribution in [3.63, 3.8) is 0 Å². The number of nitrogens with one attached hydrogen (secondary N) is 1. The molecule has 0 spiro atoms. The fourth-order valence-corrected chi connectivity index (χ4v) is 1.18. The molecule has 0 aliphatic carbocycles. The summed E-state index contributed by atoms with van der Waals surface area (Å²) in [7, 11) is 5.43. The average molecular weight is 215 g/mol. The monoisotopic (exact) mass is 215 g/mol. The fourth-order valence-electron chi connectivity index (χ4n) is 1.18. The summed E-state index contributed by atoms with van der Waals surface area (Å²) in [5, 5.41) is 7.13. The van der Waals surface area contributed by atoms with E-state index in [-0.39, 0.29) is 0 Å². The Bertz CT molecular complexity index is 194. The lowest BCUT2D eigenvalue weighted by molar-refractivity contribution is 0.206. The quantitative estimate of drug-likeness (QED) is 0.337. The Balaban J connectivity index is 3.78. The number of guanidine groups is 1. The minimum Gasteiger partial charge on any atom is -0.396 e. The third-order valence-electron chi connectivity index (χ3n) is 1.99. The molecule has 0 aromatic carbocycles. The molecule has 0 radical (unpaired) electrons. The van der Waals surface area contributed by atoms with Gasteiger partial charge in [0.05, 0.1) is 0 Å². The second-order valence-electron chi connectivity index (χ2n) is 5.08. The molecule has 0 unspecified atom stereocenters. The average Bonchev–Trinajstić information content (AvgIpc) is 2.08. The molecule has 0 heterocycles. The van der Waals surface area contributed by atoms with Crippen LogP contribution in [0.1, 0.15) is 33.6 Å². The highest BCUT2D eigenvalue weighted by Gasteiger charge is 2.09. The largest absolute Gasteiger partial charge is 0.396 e. The molecule has 0 aliphatic rings. The van der Waals surface area contributed by atoms with Crippen LogP contribution in [0, 0.1) is 5.41 Å². The normalized spacial score (nSPS) is 12.5. The summed E-state index contributed by atoms with van der Waals surface area (Å²) in [5.41, 5.74) is 0.401. The topological polar surface area (TPSA) is 36.9 Å². The zero-order valence-electron chi connectivity index (χ0n) is 10.9. The second kappa shape index (κ2) is 6.53.